The zero-order valence-electron chi connectivity index (χ0n) is 15.7. The van der Waals surface area contributed by atoms with Crippen molar-refractivity contribution in [1.82, 2.24) is 20.0 Å². The molecular weight excluding hydrogens is 348 g/mol. The number of pyridine rings is 1. The van der Waals surface area contributed by atoms with Gasteiger partial charge in [-0.05, 0) is 54.4 Å². The lowest BCUT2D eigenvalue weighted by Crippen LogP contribution is -2.32. The highest BCUT2D eigenvalue weighted by atomic mass is 16.5. The van der Waals surface area contributed by atoms with E-state index < -0.39 is 0 Å². The van der Waals surface area contributed by atoms with Crippen LogP contribution >= 0.6 is 0 Å². The summed E-state index contributed by atoms with van der Waals surface area (Å²) in [4.78, 5) is 11.4. The van der Waals surface area contributed by atoms with Gasteiger partial charge in [0.15, 0.2) is 0 Å². The van der Waals surface area contributed by atoms with E-state index in [0.717, 1.165) is 44.1 Å². The maximum atomic E-state index is 5.55. The van der Waals surface area contributed by atoms with E-state index in [-0.39, 0.29) is 0 Å². The number of hydrogen-bond donors (Lipinski definition) is 0. The van der Waals surface area contributed by atoms with Crippen LogP contribution in [0.3, 0.4) is 0 Å². The normalized spacial score (nSPS) is 15.9. The second-order valence-electron chi connectivity index (χ2n) is 7.36. The molecule has 5 nitrogen and oxygen atoms in total. The third-order valence-corrected chi connectivity index (χ3v) is 5.55. The Bertz CT molecular complexity index is 1060. The fraction of sp³-hybridized carbons (Fsp3) is 0.261. The largest absolute Gasteiger partial charge is 0.339 e. The predicted molar refractivity (Wildman–Crippen MR) is 109 cm³/mol. The Hall–Kier alpha value is -3.05. The van der Waals surface area contributed by atoms with Gasteiger partial charge in [-0.2, -0.15) is 4.98 Å². The number of hydrogen-bond acceptors (Lipinski definition) is 5. The van der Waals surface area contributed by atoms with Crippen LogP contribution in [-0.4, -0.2) is 33.1 Å². The average molecular weight is 370 g/mol. The fourth-order valence-electron chi connectivity index (χ4n) is 4.01. The molecule has 4 aromatic rings. The van der Waals surface area contributed by atoms with E-state index in [2.05, 4.69) is 62.5 Å². The lowest BCUT2D eigenvalue weighted by atomic mass is 9.96. The maximum Gasteiger partial charge on any atom is 0.230 e. The second kappa shape index (κ2) is 7.52. The van der Waals surface area contributed by atoms with Crippen molar-refractivity contribution in [2.45, 2.75) is 25.3 Å². The lowest BCUT2D eigenvalue weighted by Gasteiger charge is -2.30. The number of rotatable bonds is 4. The highest BCUT2D eigenvalue weighted by molar-refractivity contribution is 5.85. The van der Waals surface area contributed by atoms with Gasteiger partial charge >= 0.3 is 0 Å². The monoisotopic (exact) mass is 370 g/mol. The summed E-state index contributed by atoms with van der Waals surface area (Å²) >= 11 is 0. The molecule has 3 heterocycles. The molecule has 2 aromatic heterocycles. The molecule has 0 spiro atoms. The van der Waals surface area contributed by atoms with Crippen molar-refractivity contribution in [3.63, 3.8) is 0 Å². The first kappa shape index (κ1) is 17.1. The topological polar surface area (TPSA) is 55.1 Å². The van der Waals surface area contributed by atoms with Crippen molar-refractivity contribution in [2.75, 3.05) is 13.1 Å². The number of fused-ring (bicyclic) bond motifs is 1. The Morgan fingerprint density at radius 2 is 1.75 bits per heavy atom. The van der Waals surface area contributed by atoms with Crippen LogP contribution in [-0.2, 0) is 6.54 Å². The summed E-state index contributed by atoms with van der Waals surface area (Å²) in [6, 6.07) is 20.9. The minimum Gasteiger partial charge on any atom is -0.339 e. The lowest BCUT2D eigenvalue weighted by molar-refractivity contribution is 0.188. The molecule has 5 rings (SSSR count). The number of piperidine rings is 1. The van der Waals surface area contributed by atoms with Crippen LogP contribution < -0.4 is 0 Å². The number of nitrogens with zero attached hydrogens (tertiary/aromatic N) is 4. The summed E-state index contributed by atoms with van der Waals surface area (Å²) in [5.41, 5.74) is 2.15. The van der Waals surface area contributed by atoms with E-state index in [1.165, 1.54) is 16.3 Å². The van der Waals surface area contributed by atoms with Crippen LogP contribution in [0.15, 0.2) is 71.4 Å². The standard InChI is InChI=1S/C23H22N4O/c1-2-9-20-17(6-1)7-5-8-19(20)16-27-14-11-18(12-15-27)23-25-22(26-28-23)21-10-3-4-13-24-21/h1-10,13,18H,11-12,14-16H2. The Kier molecular flexibility index (Phi) is 4.59. The van der Waals surface area contributed by atoms with Crippen LogP contribution in [0.1, 0.15) is 30.2 Å². The molecule has 0 unspecified atom stereocenters. The van der Waals surface area contributed by atoms with Gasteiger partial charge in [-0.25, -0.2) is 0 Å². The molecular formula is C23H22N4O. The van der Waals surface area contributed by atoms with Crippen molar-refractivity contribution in [3.8, 4) is 11.5 Å². The number of benzene rings is 2. The molecule has 1 aliphatic heterocycles. The Labute approximate surface area is 164 Å². The molecule has 2 aromatic carbocycles. The van der Waals surface area contributed by atoms with Gasteiger partial charge < -0.3 is 4.52 Å². The van der Waals surface area contributed by atoms with Crippen LogP contribution in [0.4, 0.5) is 0 Å². The minimum absolute atomic E-state index is 0.328. The fourth-order valence-corrected chi connectivity index (χ4v) is 4.01. The van der Waals surface area contributed by atoms with E-state index in [0.29, 0.717) is 11.7 Å². The predicted octanol–water partition coefficient (Wildman–Crippen LogP) is 4.66. The van der Waals surface area contributed by atoms with Crippen molar-refractivity contribution in [1.29, 1.82) is 0 Å². The van der Waals surface area contributed by atoms with E-state index in [9.17, 15) is 0 Å². The highest BCUT2D eigenvalue weighted by Gasteiger charge is 2.25. The van der Waals surface area contributed by atoms with Gasteiger partial charge in [0, 0.05) is 18.7 Å². The van der Waals surface area contributed by atoms with Gasteiger partial charge in [0.05, 0.1) is 0 Å². The van der Waals surface area contributed by atoms with Gasteiger partial charge in [-0.1, -0.05) is 53.7 Å². The average Bonchev–Trinajstić information content (AvgIpc) is 3.26. The van der Waals surface area contributed by atoms with E-state index in [1.807, 2.05) is 18.2 Å². The quantitative estimate of drug-likeness (QED) is 0.523. The molecule has 1 aliphatic rings. The summed E-state index contributed by atoms with van der Waals surface area (Å²) in [5.74, 6) is 1.65. The second-order valence-corrected chi connectivity index (χ2v) is 7.36. The zero-order valence-corrected chi connectivity index (χ0v) is 15.7. The minimum atomic E-state index is 0.328. The highest BCUT2D eigenvalue weighted by Crippen LogP contribution is 2.29. The van der Waals surface area contributed by atoms with Gasteiger partial charge in [0.2, 0.25) is 11.7 Å². The zero-order chi connectivity index (χ0) is 18.8. The molecule has 0 aliphatic carbocycles. The molecule has 5 heteroatoms. The maximum absolute atomic E-state index is 5.55. The van der Waals surface area contributed by atoms with Gasteiger partial charge in [0.25, 0.3) is 0 Å². The number of aromatic nitrogens is 3. The van der Waals surface area contributed by atoms with Crippen molar-refractivity contribution < 1.29 is 4.52 Å². The van der Waals surface area contributed by atoms with Crippen molar-refractivity contribution >= 4 is 10.8 Å². The summed E-state index contributed by atoms with van der Waals surface area (Å²) in [7, 11) is 0. The van der Waals surface area contributed by atoms with Gasteiger partial charge in [0.1, 0.15) is 5.69 Å². The van der Waals surface area contributed by atoms with Crippen LogP contribution in [0.25, 0.3) is 22.3 Å². The van der Waals surface area contributed by atoms with Crippen LogP contribution in [0.2, 0.25) is 0 Å². The molecule has 0 amide bonds. The molecule has 1 saturated heterocycles. The summed E-state index contributed by atoms with van der Waals surface area (Å²) < 4.78 is 5.55. The first-order chi connectivity index (χ1) is 13.9. The first-order valence-electron chi connectivity index (χ1n) is 9.81. The number of likely N-dealkylation sites (tertiary alicyclic amines) is 1. The molecule has 0 saturated carbocycles. The van der Waals surface area contributed by atoms with Crippen LogP contribution in [0.5, 0.6) is 0 Å². The Morgan fingerprint density at radius 3 is 2.61 bits per heavy atom. The van der Waals surface area contributed by atoms with Crippen molar-refractivity contribution in [3.05, 3.63) is 78.3 Å². The molecule has 0 radical (unpaired) electrons. The Morgan fingerprint density at radius 1 is 0.929 bits per heavy atom. The van der Waals surface area contributed by atoms with E-state index in [1.54, 1.807) is 6.20 Å². The van der Waals surface area contributed by atoms with E-state index in [4.69, 9.17) is 4.52 Å². The van der Waals surface area contributed by atoms with Crippen molar-refractivity contribution in [2.24, 2.45) is 0 Å². The molecule has 0 atom stereocenters. The SMILES string of the molecule is c1ccc(-c2noc(C3CCN(Cc4cccc5ccccc45)CC3)n2)nc1. The third-order valence-electron chi connectivity index (χ3n) is 5.55. The third kappa shape index (κ3) is 3.41. The Balaban J connectivity index is 1.25. The summed E-state index contributed by atoms with van der Waals surface area (Å²) in [6.07, 6.45) is 3.82. The van der Waals surface area contributed by atoms with E-state index >= 15 is 0 Å². The van der Waals surface area contributed by atoms with Gasteiger partial charge in [-0.15, -0.1) is 0 Å². The summed E-state index contributed by atoms with van der Waals surface area (Å²) in [6.45, 7) is 3.06. The smallest absolute Gasteiger partial charge is 0.230 e. The summed E-state index contributed by atoms with van der Waals surface area (Å²) in [5, 5.41) is 6.78. The van der Waals surface area contributed by atoms with Crippen LogP contribution in [0, 0.1) is 0 Å². The van der Waals surface area contributed by atoms with Gasteiger partial charge in [-0.3, -0.25) is 9.88 Å². The molecule has 140 valence electrons. The molecule has 1 fully saturated rings. The first-order valence-corrected chi connectivity index (χ1v) is 9.81. The molecule has 0 N–H and O–H groups in total. The molecule has 0 bridgehead atoms. The molecule has 28 heavy (non-hydrogen) atoms.